The molecule has 1 atom stereocenters. The van der Waals surface area contributed by atoms with Gasteiger partial charge in [-0.3, -0.25) is 0 Å². The van der Waals surface area contributed by atoms with Gasteiger partial charge in [0, 0.05) is 0 Å². The minimum absolute atomic E-state index is 0.389. The molecule has 5 heteroatoms. The number of halogens is 1. The van der Waals surface area contributed by atoms with E-state index in [4.69, 9.17) is 16.3 Å². The second kappa shape index (κ2) is 4.45. The van der Waals surface area contributed by atoms with Gasteiger partial charge in [-0.15, -0.1) is 11.8 Å². The maximum absolute atomic E-state index is 6.12. The van der Waals surface area contributed by atoms with Crippen molar-refractivity contribution in [2.75, 3.05) is 12.9 Å². The third kappa shape index (κ3) is 1.86. The van der Waals surface area contributed by atoms with Gasteiger partial charge in [-0.05, 0) is 25.0 Å². The van der Waals surface area contributed by atoms with Gasteiger partial charge in [-0.25, -0.2) is 4.68 Å². The molecule has 0 aliphatic carbocycles. The molecule has 14 heavy (non-hydrogen) atoms. The van der Waals surface area contributed by atoms with E-state index in [9.17, 15) is 0 Å². The average Bonchev–Trinajstić information content (AvgIpc) is 2.61. The summed E-state index contributed by atoms with van der Waals surface area (Å²) >= 11 is 8.03. The first-order valence-electron chi connectivity index (χ1n) is 4.71. The predicted octanol–water partition coefficient (Wildman–Crippen LogP) is 2.96. The second-order valence-corrected chi connectivity index (χ2v) is 4.91. The summed E-state index contributed by atoms with van der Waals surface area (Å²) in [5.41, 5.74) is 0. The minimum atomic E-state index is 0.389. The fourth-order valence-corrected chi connectivity index (χ4v) is 3.21. The number of nitrogens with zero attached hydrogens (tertiary/aromatic N) is 2. The fraction of sp³-hybridized carbons (Fsp3) is 0.667. The third-order valence-corrected chi connectivity index (χ3v) is 4.06. The lowest BCUT2D eigenvalue weighted by atomic mass is 10.2. The summed E-state index contributed by atoms with van der Waals surface area (Å²) in [6.07, 6.45) is 5.39. The van der Waals surface area contributed by atoms with Crippen LogP contribution in [0, 0.1) is 0 Å². The minimum Gasteiger partial charge on any atom is -0.492 e. The van der Waals surface area contributed by atoms with Crippen molar-refractivity contribution in [2.24, 2.45) is 0 Å². The van der Waals surface area contributed by atoms with E-state index in [0.29, 0.717) is 16.3 Å². The van der Waals surface area contributed by atoms with Crippen molar-refractivity contribution in [3.8, 4) is 5.75 Å². The number of hydrogen-bond donors (Lipinski definition) is 0. The maximum Gasteiger partial charge on any atom is 0.175 e. The Labute approximate surface area is 92.8 Å². The van der Waals surface area contributed by atoms with E-state index in [1.54, 1.807) is 13.3 Å². The molecule has 78 valence electrons. The highest BCUT2D eigenvalue weighted by molar-refractivity contribution is 7.99. The van der Waals surface area contributed by atoms with Gasteiger partial charge >= 0.3 is 0 Å². The highest BCUT2D eigenvalue weighted by Crippen LogP contribution is 2.37. The number of rotatable bonds is 2. The first-order valence-corrected chi connectivity index (χ1v) is 6.14. The number of ether oxygens (including phenoxy) is 1. The molecule has 2 heterocycles. The zero-order valence-corrected chi connectivity index (χ0v) is 9.64. The van der Waals surface area contributed by atoms with Crippen molar-refractivity contribution in [3.63, 3.8) is 0 Å². The van der Waals surface area contributed by atoms with Gasteiger partial charge in [-0.1, -0.05) is 11.6 Å². The smallest absolute Gasteiger partial charge is 0.175 e. The Morgan fingerprint density at radius 3 is 3.07 bits per heavy atom. The van der Waals surface area contributed by atoms with Crippen LogP contribution in [-0.2, 0) is 0 Å². The van der Waals surface area contributed by atoms with Crippen LogP contribution in [-0.4, -0.2) is 22.6 Å². The van der Waals surface area contributed by atoms with Crippen LogP contribution in [0.1, 0.15) is 24.6 Å². The van der Waals surface area contributed by atoms with Crippen molar-refractivity contribution in [1.29, 1.82) is 0 Å². The predicted molar refractivity (Wildman–Crippen MR) is 59.1 cm³/mol. The van der Waals surface area contributed by atoms with Crippen LogP contribution in [0.15, 0.2) is 6.20 Å². The normalized spacial score (nSPS) is 22.3. The van der Waals surface area contributed by atoms with E-state index in [-0.39, 0.29) is 0 Å². The van der Waals surface area contributed by atoms with Gasteiger partial charge in [0.25, 0.3) is 0 Å². The van der Waals surface area contributed by atoms with E-state index >= 15 is 0 Å². The fourth-order valence-electron chi connectivity index (χ4n) is 1.59. The molecule has 0 saturated carbocycles. The Hall–Kier alpha value is -0.350. The van der Waals surface area contributed by atoms with Crippen LogP contribution in [0.5, 0.6) is 5.75 Å². The zero-order valence-electron chi connectivity index (χ0n) is 8.07. The topological polar surface area (TPSA) is 27.1 Å². The molecule has 0 aromatic carbocycles. The monoisotopic (exact) mass is 232 g/mol. The zero-order chi connectivity index (χ0) is 9.97. The summed E-state index contributed by atoms with van der Waals surface area (Å²) in [5.74, 6) is 1.86. The van der Waals surface area contributed by atoms with Crippen LogP contribution in [0.3, 0.4) is 0 Å². The van der Waals surface area contributed by atoms with Gasteiger partial charge < -0.3 is 4.74 Å². The van der Waals surface area contributed by atoms with Gasteiger partial charge in [0.2, 0.25) is 0 Å². The molecule has 1 aliphatic rings. The first-order chi connectivity index (χ1) is 6.83. The molecule has 0 radical (unpaired) electrons. The molecule has 1 aromatic heterocycles. The van der Waals surface area contributed by atoms with Crippen molar-refractivity contribution in [1.82, 2.24) is 9.78 Å². The van der Waals surface area contributed by atoms with Crippen LogP contribution in [0.4, 0.5) is 0 Å². The largest absolute Gasteiger partial charge is 0.492 e. The van der Waals surface area contributed by atoms with Gasteiger partial charge in [-0.2, -0.15) is 5.10 Å². The molecular formula is C9H13ClN2OS. The van der Waals surface area contributed by atoms with Crippen LogP contribution < -0.4 is 4.74 Å². The number of thioether (sulfide) groups is 1. The molecule has 0 spiro atoms. The molecule has 1 aliphatic heterocycles. The molecule has 0 amide bonds. The van der Waals surface area contributed by atoms with Crippen molar-refractivity contribution in [3.05, 3.63) is 11.3 Å². The quantitative estimate of drug-likeness (QED) is 0.785. The number of hydrogen-bond acceptors (Lipinski definition) is 3. The van der Waals surface area contributed by atoms with Crippen molar-refractivity contribution in [2.45, 2.75) is 24.6 Å². The summed E-state index contributed by atoms with van der Waals surface area (Å²) < 4.78 is 6.96. The number of methoxy groups -OCH3 is 1. The lowest BCUT2D eigenvalue weighted by Crippen LogP contribution is -2.11. The molecule has 1 unspecified atom stereocenters. The summed E-state index contributed by atoms with van der Waals surface area (Å²) in [6, 6.07) is 0. The summed E-state index contributed by atoms with van der Waals surface area (Å²) in [7, 11) is 1.61. The Kier molecular flexibility index (Phi) is 3.23. The van der Waals surface area contributed by atoms with Crippen LogP contribution in [0.25, 0.3) is 0 Å². The van der Waals surface area contributed by atoms with Crippen molar-refractivity contribution >= 4 is 23.4 Å². The van der Waals surface area contributed by atoms with E-state index in [2.05, 4.69) is 5.10 Å². The van der Waals surface area contributed by atoms with E-state index in [1.165, 1.54) is 18.6 Å². The Bertz CT molecular complexity index is 310. The first kappa shape index (κ1) is 10.2. The Morgan fingerprint density at radius 2 is 2.50 bits per heavy atom. The van der Waals surface area contributed by atoms with E-state index < -0.39 is 0 Å². The Balaban J connectivity index is 2.18. The van der Waals surface area contributed by atoms with Crippen LogP contribution >= 0.6 is 23.4 Å². The molecular weight excluding hydrogens is 220 g/mol. The van der Waals surface area contributed by atoms with Gasteiger partial charge in [0.15, 0.2) is 10.9 Å². The third-order valence-electron chi connectivity index (χ3n) is 2.35. The molecule has 0 bridgehead atoms. The Morgan fingerprint density at radius 1 is 1.64 bits per heavy atom. The summed E-state index contributed by atoms with van der Waals surface area (Å²) in [6.45, 7) is 0. The molecule has 3 nitrogen and oxygen atoms in total. The standard InChI is InChI=1S/C9H13ClN2OS/c1-13-7-6-11-12(9(7)10)8-4-2-3-5-14-8/h6,8H,2-5H2,1H3. The lowest BCUT2D eigenvalue weighted by molar-refractivity contribution is 0.413. The van der Waals surface area contributed by atoms with Gasteiger partial charge in [0.05, 0.1) is 18.7 Å². The number of aromatic nitrogens is 2. The second-order valence-electron chi connectivity index (χ2n) is 3.27. The molecule has 1 aromatic rings. The van der Waals surface area contributed by atoms with Gasteiger partial charge in [0.1, 0.15) is 0 Å². The average molecular weight is 233 g/mol. The SMILES string of the molecule is COc1cnn(C2CCCCS2)c1Cl. The van der Waals surface area contributed by atoms with E-state index in [0.717, 1.165) is 6.42 Å². The highest BCUT2D eigenvalue weighted by atomic mass is 35.5. The van der Waals surface area contributed by atoms with E-state index in [1.807, 2.05) is 16.4 Å². The maximum atomic E-state index is 6.12. The molecule has 1 saturated heterocycles. The lowest BCUT2D eigenvalue weighted by Gasteiger charge is -2.21. The highest BCUT2D eigenvalue weighted by Gasteiger charge is 2.20. The molecule has 2 rings (SSSR count). The molecule has 1 fully saturated rings. The summed E-state index contributed by atoms with van der Waals surface area (Å²) in [4.78, 5) is 0. The molecule has 0 N–H and O–H groups in total. The summed E-state index contributed by atoms with van der Waals surface area (Å²) in [5, 5.41) is 5.26. The van der Waals surface area contributed by atoms with Crippen LogP contribution in [0.2, 0.25) is 5.15 Å². The van der Waals surface area contributed by atoms with Crippen molar-refractivity contribution < 1.29 is 4.74 Å².